The Morgan fingerprint density at radius 2 is 2.41 bits per heavy atom. The van der Waals surface area contributed by atoms with Gasteiger partial charge in [-0.1, -0.05) is 6.07 Å². The molecule has 0 aliphatic heterocycles. The van der Waals surface area contributed by atoms with Gasteiger partial charge in [0, 0.05) is 24.5 Å². The summed E-state index contributed by atoms with van der Waals surface area (Å²) in [4.78, 5) is 14.6. The maximum Gasteiger partial charge on any atom is 0.246 e. The number of aliphatic hydroxyl groups excluding tert-OH is 1. The maximum absolute atomic E-state index is 11.8. The predicted molar refractivity (Wildman–Crippen MR) is 69.7 cm³/mol. The fourth-order valence-corrected chi connectivity index (χ4v) is 2.61. The first kappa shape index (κ1) is 12.3. The molecule has 1 aliphatic carbocycles. The van der Waals surface area contributed by atoms with Crippen molar-refractivity contribution in [3.8, 4) is 0 Å². The van der Waals surface area contributed by atoms with Crippen LogP contribution in [0.1, 0.15) is 17.7 Å². The first-order valence-electron chi connectivity index (χ1n) is 5.80. The smallest absolute Gasteiger partial charge is 0.246 e. The SMILES string of the molecule is CN(CC1CC(O)C1)C(=O)C=Cc1cccs1. The van der Waals surface area contributed by atoms with Gasteiger partial charge in [0.2, 0.25) is 5.91 Å². The molecule has 17 heavy (non-hydrogen) atoms. The van der Waals surface area contributed by atoms with Crippen LogP contribution < -0.4 is 0 Å². The van der Waals surface area contributed by atoms with Crippen molar-refractivity contribution in [2.24, 2.45) is 5.92 Å². The first-order chi connectivity index (χ1) is 8.15. The number of thiophene rings is 1. The Morgan fingerprint density at radius 1 is 1.65 bits per heavy atom. The summed E-state index contributed by atoms with van der Waals surface area (Å²) >= 11 is 1.62. The van der Waals surface area contributed by atoms with Crippen LogP contribution in [0, 0.1) is 5.92 Å². The zero-order valence-electron chi connectivity index (χ0n) is 9.87. The van der Waals surface area contributed by atoms with Gasteiger partial charge in [0.15, 0.2) is 0 Å². The topological polar surface area (TPSA) is 40.5 Å². The van der Waals surface area contributed by atoms with Crippen molar-refractivity contribution in [1.82, 2.24) is 4.90 Å². The van der Waals surface area contributed by atoms with Crippen molar-refractivity contribution >= 4 is 23.3 Å². The van der Waals surface area contributed by atoms with Gasteiger partial charge in [-0.15, -0.1) is 11.3 Å². The highest BCUT2D eigenvalue weighted by molar-refractivity contribution is 7.10. The fraction of sp³-hybridized carbons (Fsp3) is 0.462. The lowest BCUT2D eigenvalue weighted by atomic mass is 9.82. The molecule has 92 valence electrons. The predicted octanol–water partition coefficient (Wildman–Crippen LogP) is 1.99. The molecule has 1 aromatic rings. The zero-order valence-corrected chi connectivity index (χ0v) is 10.7. The number of rotatable bonds is 4. The highest BCUT2D eigenvalue weighted by atomic mass is 32.1. The van der Waals surface area contributed by atoms with E-state index in [1.807, 2.05) is 30.6 Å². The molecule has 3 nitrogen and oxygen atoms in total. The van der Waals surface area contributed by atoms with Crippen molar-refractivity contribution in [3.63, 3.8) is 0 Å². The van der Waals surface area contributed by atoms with Crippen LogP contribution in [0.15, 0.2) is 23.6 Å². The molecule has 1 aliphatic rings. The van der Waals surface area contributed by atoms with Crippen LogP contribution in [-0.2, 0) is 4.79 Å². The largest absolute Gasteiger partial charge is 0.393 e. The Bertz CT molecular complexity index is 394. The summed E-state index contributed by atoms with van der Waals surface area (Å²) in [7, 11) is 1.81. The molecule has 0 spiro atoms. The van der Waals surface area contributed by atoms with Crippen molar-refractivity contribution in [2.75, 3.05) is 13.6 Å². The molecule has 1 N–H and O–H groups in total. The van der Waals surface area contributed by atoms with Gasteiger partial charge in [0.25, 0.3) is 0 Å². The molecule has 1 amide bonds. The molecule has 1 heterocycles. The molecule has 1 fully saturated rings. The van der Waals surface area contributed by atoms with Gasteiger partial charge in [0.05, 0.1) is 6.10 Å². The maximum atomic E-state index is 11.8. The molecule has 0 atom stereocenters. The van der Waals surface area contributed by atoms with Gasteiger partial charge in [0.1, 0.15) is 0 Å². The monoisotopic (exact) mass is 251 g/mol. The first-order valence-corrected chi connectivity index (χ1v) is 6.68. The van der Waals surface area contributed by atoms with E-state index < -0.39 is 0 Å². The molecule has 1 aromatic heterocycles. The zero-order chi connectivity index (χ0) is 12.3. The van der Waals surface area contributed by atoms with Gasteiger partial charge < -0.3 is 10.0 Å². The van der Waals surface area contributed by atoms with E-state index in [-0.39, 0.29) is 12.0 Å². The number of nitrogens with zero attached hydrogens (tertiary/aromatic N) is 1. The molecule has 2 rings (SSSR count). The summed E-state index contributed by atoms with van der Waals surface area (Å²) in [5.41, 5.74) is 0. The van der Waals surface area contributed by atoms with Crippen LogP contribution in [0.4, 0.5) is 0 Å². The molecule has 0 unspecified atom stereocenters. The third kappa shape index (κ3) is 3.41. The van der Waals surface area contributed by atoms with E-state index in [1.54, 1.807) is 22.3 Å². The molecule has 1 saturated carbocycles. The molecule has 0 radical (unpaired) electrons. The van der Waals surface area contributed by atoms with E-state index in [4.69, 9.17) is 0 Å². The summed E-state index contributed by atoms with van der Waals surface area (Å²) in [6, 6.07) is 3.95. The van der Waals surface area contributed by atoms with E-state index in [1.165, 1.54) is 0 Å². The minimum atomic E-state index is -0.148. The Kier molecular flexibility index (Phi) is 3.97. The van der Waals surface area contributed by atoms with E-state index in [9.17, 15) is 9.90 Å². The van der Waals surface area contributed by atoms with E-state index in [2.05, 4.69) is 0 Å². The number of aliphatic hydroxyl groups is 1. The summed E-state index contributed by atoms with van der Waals surface area (Å²) < 4.78 is 0. The van der Waals surface area contributed by atoms with Crippen LogP contribution in [0.5, 0.6) is 0 Å². The van der Waals surface area contributed by atoms with Crippen LogP contribution >= 0.6 is 11.3 Å². The number of likely N-dealkylation sites (N-methyl/N-ethyl adjacent to an activating group) is 1. The van der Waals surface area contributed by atoms with Gasteiger partial charge in [-0.3, -0.25) is 4.79 Å². The molecular formula is C13H17NO2S. The Balaban J connectivity index is 1.79. The normalized spacial score (nSPS) is 23.6. The van der Waals surface area contributed by atoms with E-state index in [0.29, 0.717) is 5.92 Å². The number of carbonyl (C=O) groups excluding carboxylic acids is 1. The Morgan fingerprint density at radius 3 is 3.00 bits per heavy atom. The second-order valence-electron chi connectivity index (χ2n) is 4.56. The second kappa shape index (κ2) is 5.47. The molecule has 0 bridgehead atoms. The van der Waals surface area contributed by atoms with Crippen molar-refractivity contribution in [3.05, 3.63) is 28.5 Å². The minimum Gasteiger partial charge on any atom is -0.393 e. The lowest BCUT2D eigenvalue weighted by molar-refractivity contribution is -0.126. The van der Waals surface area contributed by atoms with Crippen LogP contribution in [0.3, 0.4) is 0 Å². The van der Waals surface area contributed by atoms with E-state index >= 15 is 0 Å². The molecule has 4 heteroatoms. The Labute approximate surface area is 105 Å². The average molecular weight is 251 g/mol. The molecule has 0 aromatic carbocycles. The molecular weight excluding hydrogens is 234 g/mol. The lowest BCUT2D eigenvalue weighted by Crippen LogP contribution is -2.38. The summed E-state index contributed by atoms with van der Waals surface area (Å²) in [5.74, 6) is 0.494. The highest BCUT2D eigenvalue weighted by Gasteiger charge is 2.28. The summed E-state index contributed by atoms with van der Waals surface area (Å²) in [6.45, 7) is 0.741. The minimum absolute atomic E-state index is 0.0276. The van der Waals surface area contributed by atoms with Gasteiger partial charge in [-0.2, -0.15) is 0 Å². The van der Waals surface area contributed by atoms with E-state index in [0.717, 1.165) is 24.3 Å². The van der Waals surface area contributed by atoms with Crippen molar-refractivity contribution in [1.29, 1.82) is 0 Å². The summed E-state index contributed by atoms with van der Waals surface area (Å²) in [6.07, 6.45) is 4.96. The third-order valence-electron chi connectivity index (χ3n) is 3.05. The number of hydrogen-bond donors (Lipinski definition) is 1. The van der Waals surface area contributed by atoms with Crippen molar-refractivity contribution < 1.29 is 9.90 Å². The Hall–Kier alpha value is -1.13. The third-order valence-corrected chi connectivity index (χ3v) is 3.89. The van der Waals surface area contributed by atoms with Gasteiger partial charge >= 0.3 is 0 Å². The van der Waals surface area contributed by atoms with Gasteiger partial charge in [-0.05, 0) is 36.3 Å². The fourth-order valence-electron chi connectivity index (χ4n) is 1.99. The second-order valence-corrected chi connectivity index (χ2v) is 5.54. The quantitative estimate of drug-likeness (QED) is 0.831. The van der Waals surface area contributed by atoms with Crippen molar-refractivity contribution in [2.45, 2.75) is 18.9 Å². The number of carbonyl (C=O) groups is 1. The number of amides is 1. The van der Waals surface area contributed by atoms with Gasteiger partial charge in [-0.25, -0.2) is 0 Å². The van der Waals surface area contributed by atoms with Crippen LogP contribution in [-0.4, -0.2) is 35.6 Å². The average Bonchev–Trinajstić information content (AvgIpc) is 2.76. The summed E-state index contributed by atoms with van der Waals surface area (Å²) in [5, 5.41) is 11.2. The number of hydrogen-bond acceptors (Lipinski definition) is 3. The highest BCUT2D eigenvalue weighted by Crippen LogP contribution is 2.27. The lowest BCUT2D eigenvalue weighted by Gasteiger charge is -2.34. The molecule has 0 saturated heterocycles. The standard InChI is InChI=1S/C13H17NO2S/c1-14(9-10-7-11(15)8-10)13(16)5-4-12-3-2-6-17-12/h2-6,10-11,15H,7-9H2,1H3. The van der Waals surface area contributed by atoms with Crippen LogP contribution in [0.25, 0.3) is 6.08 Å². The van der Waals surface area contributed by atoms with Crippen LogP contribution in [0.2, 0.25) is 0 Å².